The number of hydrogen-bond acceptors (Lipinski definition) is 5. The largest absolute Gasteiger partial charge is 0.497 e. The van der Waals surface area contributed by atoms with Gasteiger partial charge in [-0.3, -0.25) is 4.99 Å². The van der Waals surface area contributed by atoms with Crippen LogP contribution in [0.5, 0.6) is 11.5 Å². The molecule has 1 aromatic carbocycles. The number of aliphatic imine (C=N–C) groups is 1. The van der Waals surface area contributed by atoms with Gasteiger partial charge in [0, 0.05) is 56.1 Å². The number of methoxy groups -OCH3 is 2. The molecule has 0 unspecified atom stereocenters. The molecule has 1 heterocycles. The Balaban J connectivity index is 1.88. The summed E-state index contributed by atoms with van der Waals surface area (Å²) in [5.74, 6) is 2.59. The summed E-state index contributed by atoms with van der Waals surface area (Å²) < 4.78 is 10.8. The van der Waals surface area contributed by atoms with Crippen LogP contribution in [0.25, 0.3) is 0 Å². The summed E-state index contributed by atoms with van der Waals surface area (Å²) in [6.07, 6.45) is 3.21. The Labute approximate surface area is 170 Å². The summed E-state index contributed by atoms with van der Waals surface area (Å²) in [7, 11) is 7.57. The van der Waals surface area contributed by atoms with E-state index in [1.165, 1.54) is 0 Å². The van der Waals surface area contributed by atoms with Gasteiger partial charge in [-0.1, -0.05) is 0 Å². The summed E-state index contributed by atoms with van der Waals surface area (Å²) >= 11 is 0. The number of ether oxygens (including phenoxy) is 2. The molecule has 1 aromatic rings. The van der Waals surface area contributed by atoms with E-state index in [1.54, 1.807) is 14.2 Å². The van der Waals surface area contributed by atoms with Crippen LogP contribution in [0.4, 0.5) is 5.69 Å². The number of nitrogens with zero attached hydrogens (tertiary/aromatic N) is 3. The molecule has 0 radical (unpaired) electrons. The van der Waals surface area contributed by atoms with Crippen LogP contribution < -0.4 is 25.0 Å². The van der Waals surface area contributed by atoms with Gasteiger partial charge in [0.05, 0.1) is 14.2 Å². The van der Waals surface area contributed by atoms with Crippen molar-refractivity contribution in [2.75, 3.05) is 65.9 Å². The molecule has 1 saturated heterocycles. The summed E-state index contributed by atoms with van der Waals surface area (Å²) in [4.78, 5) is 9.31. The molecule has 2 N–H and O–H groups in total. The second kappa shape index (κ2) is 11.6. The number of hydrogen-bond donors (Lipinski definition) is 2. The van der Waals surface area contributed by atoms with Crippen molar-refractivity contribution in [2.24, 2.45) is 4.99 Å². The molecule has 2 rings (SSSR count). The molecule has 1 aliphatic rings. The molecule has 1 aliphatic heterocycles. The van der Waals surface area contributed by atoms with Crippen LogP contribution in [0.3, 0.4) is 0 Å². The Morgan fingerprint density at radius 2 is 1.79 bits per heavy atom. The highest BCUT2D eigenvalue weighted by atomic mass is 16.5. The van der Waals surface area contributed by atoms with Gasteiger partial charge in [0.15, 0.2) is 5.96 Å². The third-order valence-electron chi connectivity index (χ3n) is 4.91. The third kappa shape index (κ3) is 7.11. The molecule has 0 aliphatic carbocycles. The van der Waals surface area contributed by atoms with Crippen LogP contribution in [-0.4, -0.2) is 77.9 Å². The molecule has 0 atom stereocenters. The van der Waals surface area contributed by atoms with E-state index >= 15 is 0 Å². The normalized spacial score (nSPS) is 15.6. The van der Waals surface area contributed by atoms with Gasteiger partial charge in [-0.2, -0.15) is 0 Å². The summed E-state index contributed by atoms with van der Waals surface area (Å²) in [5, 5.41) is 6.98. The molecule has 7 nitrogen and oxygen atoms in total. The first kappa shape index (κ1) is 22.1. The predicted octanol–water partition coefficient (Wildman–Crippen LogP) is 2.18. The molecule has 0 amide bonds. The fraction of sp³-hybridized carbons (Fsp3) is 0.667. The van der Waals surface area contributed by atoms with Crippen LogP contribution in [0, 0.1) is 0 Å². The smallest absolute Gasteiger partial charge is 0.191 e. The van der Waals surface area contributed by atoms with Crippen LogP contribution in [-0.2, 0) is 0 Å². The highest BCUT2D eigenvalue weighted by molar-refractivity contribution is 5.80. The van der Waals surface area contributed by atoms with Crippen molar-refractivity contribution in [3.8, 4) is 11.5 Å². The van der Waals surface area contributed by atoms with E-state index in [0.29, 0.717) is 6.04 Å². The molecule has 0 aromatic heterocycles. The van der Waals surface area contributed by atoms with E-state index in [0.717, 1.165) is 75.1 Å². The molecular weight excluding hydrogens is 354 g/mol. The Kier molecular flexibility index (Phi) is 9.20. The van der Waals surface area contributed by atoms with Gasteiger partial charge >= 0.3 is 0 Å². The minimum absolute atomic E-state index is 0.440. The third-order valence-corrected chi connectivity index (χ3v) is 4.91. The Morgan fingerprint density at radius 3 is 2.32 bits per heavy atom. The molecular formula is C21H37N5O2. The lowest BCUT2D eigenvalue weighted by atomic mass is 10.0. The average Bonchev–Trinajstić information content (AvgIpc) is 2.71. The van der Waals surface area contributed by atoms with Crippen LogP contribution in [0.2, 0.25) is 0 Å². The quantitative estimate of drug-likeness (QED) is 0.382. The fourth-order valence-electron chi connectivity index (χ4n) is 3.35. The first-order chi connectivity index (χ1) is 13.5. The van der Waals surface area contributed by atoms with Crippen molar-refractivity contribution in [3.63, 3.8) is 0 Å². The maximum atomic E-state index is 5.40. The molecule has 158 valence electrons. The molecule has 7 heteroatoms. The summed E-state index contributed by atoms with van der Waals surface area (Å²) in [6.45, 7) is 6.88. The maximum Gasteiger partial charge on any atom is 0.191 e. The lowest BCUT2D eigenvalue weighted by Crippen LogP contribution is -2.48. The molecule has 0 spiro atoms. The monoisotopic (exact) mass is 391 g/mol. The zero-order valence-electron chi connectivity index (χ0n) is 18.1. The first-order valence-corrected chi connectivity index (χ1v) is 10.2. The Morgan fingerprint density at radius 1 is 1.14 bits per heavy atom. The average molecular weight is 392 g/mol. The lowest BCUT2D eigenvalue weighted by Gasteiger charge is -2.34. The van der Waals surface area contributed by atoms with E-state index in [9.17, 15) is 0 Å². The molecule has 0 saturated carbocycles. The van der Waals surface area contributed by atoms with Crippen molar-refractivity contribution >= 4 is 11.6 Å². The van der Waals surface area contributed by atoms with E-state index in [2.05, 4.69) is 53.6 Å². The second-order valence-electron chi connectivity index (χ2n) is 7.39. The van der Waals surface area contributed by atoms with Crippen LogP contribution >= 0.6 is 0 Å². The standard InChI is InChI=1S/C21H37N5O2/c1-6-22-21(23-10-7-11-25(2)3)24-17-8-12-26(13-9-17)18-14-19(27-4)16-20(15-18)28-5/h14-17H,6-13H2,1-5H3,(H2,22,23,24). The van der Waals surface area contributed by atoms with Crippen LogP contribution in [0.15, 0.2) is 23.2 Å². The second-order valence-corrected chi connectivity index (χ2v) is 7.39. The summed E-state index contributed by atoms with van der Waals surface area (Å²) in [6, 6.07) is 6.50. The number of benzene rings is 1. The van der Waals surface area contributed by atoms with E-state index in [-0.39, 0.29) is 0 Å². The number of anilines is 1. The number of piperidine rings is 1. The van der Waals surface area contributed by atoms with E-state index in [1.807, 2.05) is 6.07 Å². The van der Waals surface area contributed by atoms with Crippen molar-refractivity contribution in [1.82, 2.24) is 15.5 Å². The van der Waals surface area contributed by atoms with Gasteiger partial charge in [-0.05, 0) is 46.8 Å². The van der Waals surface area contributed by atoms with Gasteiger partial charge < -0.3 is 29.9 Å². The van der Waals surface area contributed by atoms with E-state index in [4.69, 9.17) is 14.5 Å². The lowest BCUT2D eigenvalue weighted by molar-refractivity contribution is 0.393. The maximum absolute atomic E-state index is 5.40. The minimum Gasteiger partial charge on any atom is -0.497 e. The van der Waals surface area contributed by atoms with Crippen LogP contribution in [0.1, 0.15) is 26.2 Å². The number of guanidine groups is 1. The van der Waals surface area contributed by atoms with Crippen molar-refractivity contribution in [1.29, 1.82) is 0 Å². The summed E-state index contributed by atoms with van der Waals surface area (Å²) in [5.41, 5.74) is 1.15. The zero-order valence-corrected chi connectivity index (χ0v) is 18.1. The van der Waals surface area contributed by atoms with Crippen molar-refractivity contribution in [3.05, 3.63) is 18.2 Å². The van der Waals surface area contributed by atoms with E-state index < -0.39 is 0 Å². The highest BCUT2D eigenvalue weighted by Gasteiger charge is 2.21. The topological polar surface area (TPSA) is 61.4 Å². The first-order valence-electron chi connectivity index (χ1n) is 10.2. The minimum atomic E-state index is 0.440. The van der Waals surface area contributed by atoms with Crippen molar-refractivity contribution in [2.45, 2.75) is 32.2 Å². The SMILES string of the molecule is CCNC(=NCCCN(C)C)NC1CCN(c2cc(OC)cc(OC)c2)CC1. The molecule has 0 bridgehead atoms. The highest BCUT2D eigenvalue weighted by Crippen LogP contribution is 2.30. The van der Waals surface area contributed by atoms with Crippen molar-refractivity contribution < 1.29 is 9.47 Å². The fourth-order valence-corrected chi connectivity index (χ4v) is 3.35. The predicted molar refractivity (Wildman–Crippen MR) is 117 cm³/mol. The van der Waals surface area contributed by atoms with Gasteiger partial charge in [0.25, 0.3) is 0 Å². The Bertz CT molecular complexity index is 591. The number of nitrogens with one attached hydrogen (secondary N) is 2. The molecule has 28 heavy (non-hydrogen) atoms. The van der Waals surface area contributed by atoms with Gasteiger partial charge in [-0.15, -0.1) is 0 Å². The molecule has 1 fully saturated rings. The van der Waals surface area contributed by atoms with Gasteiger partial charge in [0.1, 0.15) is 11.5 Å². The zero-order chi connectivity index (χ0) is 20.4. The van der Waals surface area contributed by atoms with Gasteiger partial charge in [-0.25, -0.2) is 0 Å². The van der Waals surface area contributed by atoms with Gasteiger partial charge in [0.2, 0.25) is 0 Å². The number of rotatable bonds is 9. The Hall–Kier alpha value is -2.15.